The lowest BCUT2D eigenvalue weighted by Gasteiger charge is -2.29. The highest BCUT2D eigenvalue weighted by molar-refractivity contribution is 7.90. The zero-order chi connectivity index (χ0) is 19.3. The van der Waals surface area contributed by atoms with Gasteiger partial charge in [-0.3, -0.25) is 9.59 Å². The van der Waals surface area contributed by atoms with E-state index in [1.165, 1.54) is 30.1 Å². The van der Waals surface area contributed by atoms with E-state index in [1.54, 1.807) is 18.2 Å². The maximum atomic E-state index is 13.1. The molecule has 2 aliphatic heterocycles. The second-order valence-electron chi connectivity index (χ2n) is 6.12. The summed E-state index contributed by atoms with van der Waals surface area (Å²) < 4.78 is 31.0. The van der Waals surface area contributed by atoms with Crippen LogP contribution in [0, 0.1) is 12.3 Å². The van der Waals surface area contributed by atoms with E-state index in [0.717, 1.165) is 0 Å². The summed E-state index contributed by atoms with van der Waals surface area (Å²) >= 11 is 0. The standard InChI is InChI=1S/C19H14N2O5S/c1-3-12-4-7-16-15(10-12)21(8-9-26-16)18(22)13-5-6-14-17(11-13)27(24,25)20(2)19(14)23/h1,4-7,10-11H,8-9H2,2H3. The van der Waals surface area contributed by atoms with Crippen molar-refractivity contribution in [3.05, 3.63) is 53.1 Å². The van der Waals surface area contributed by atoms with E-state index in [0.29, 0.717) is 34.5 Å². The lowest BCUT2D eigenvalue weighted by Crippen LogP contribution is -2.38. The normalized spacial score (nSPS) is 17.0. The summed E-state index contributed by atoms with van der Waals surface area (Å²) in [5.74, 6) is 2.03. The molecule has 7 nitrogen and oxygen atoms in total. The van der Waals surface area contributed by atoms with Crippen LogP contribution >= 0.6 is 0 Å². The smallest absolute Gasteiger partial charge is 0.268 e. The largest absolute Gasteiger partial charge is 0.490 e. The molecule has 0 saturated carbocycles. The zero-order valence-corrected chi connectivity index (χ0v) is 15.1. The lowest BCUT2D eigenvalue weighted by atomic mass is 10.1. The molecule has 2 amide bonds. The van der Waals surface area contributed by atoms with E-state index in [2.05, 4.69) is 5.92 Å². The Morgan fingerprint density at radius 3 is 2.74 bits per heavy atom. The number of rotatable bonds is 1. The van der Waals surface area contributed by atoms with E-state index in [-0.39, 0.29) is 16.0 Å². The first-order chi connectivity index (χ1) is 12.8. The van der Waals surface area contributed by atoms with Gasteiger partial charge in [0.15, 0.2) is 0 Å². The van der Waals surface area contributed by atoms with Crippen LogP contribution < -0.4 is 9.64 Å². The van der Waals surface area contributed by atoms with Gasteiger partial charge in [0, 0.05) is 18.2 Å². The molecule has 0 unspecified atom stereocenters. The quantitative estimate of drug-likeness (QED) is 0.698. The van der Waals surface area contributed by atoms with Crippen LogP contribution in [0.25, 0.3) is 0 Å². The number of terminal acetylenes is 1. The van der Waals surface area contributed by atoms with Crippen LogP contribution in [0.1, 0.15) is 26.3 Å². The molecule has 27 heavy (non-hydrogen) atoms. The van der Waals surface area contributed by atoms with Gasteiger partial charge < -0.3 is 9.64 Å². The molecule has 0 saturated heterocycles. The summed E-state index contributed by atoms with van der Waals surface area (Å²) in [6.45, 7) is 0.598. The van der Waals surface area contributed by atoms with Crippen LogP contribution in [0.15, 0.2) is 41.3 Å². The molecular formula is C19H14N2O5S. The van der Waals surface area contributed by atoms with E-state index >= 15 is 0 Å². The van der Waals surface area contributed by atoms with Crippen molar-refractivity contribution < 1.29 is 22.7 Å². The van der Waals surface area contributed by atoms with Gasteiger partial charge in [-0.05, 0) is 36.4 Å². The summed E-state index contributed by atoms with van der Waals surface area (Å²) in [7, 11) is -2.74. The van der Waals surface area contributed by atoms with Gasteiger partial charge in [-0.2, -0.15) is 0 Å². The molecule has 136 valence electrons. The van der Waals surface area contributed by atoms with Crippen LogP contribution in [-0.2, 0) is 10.0 Å². The summed E-state index contributed by atoms with van der Waals surface area (Å²) in [4.78, 5) is 26.4. The third-order valence-corrected chi connectivity index (χ3v) is 6.40. The Balaban J connectivity index is 1.78. The van der Waals surface area contributed by atoms with E-state index in [1.807, 2.05) is 0 Å². The third kappa shape index (κ3) is 2.47. The average molecular weight is 382 g/mol. The van der Waals surface area contributed by atoms with Crippen LogP contribution in [0.4, 0.5) is 5.69 Å². The molecule has 4 rings (SSSR count). The number of amides is 2. The summed E-state index contributed by atoms with van der Waals surface area (Å²) in [5.41, 5.74) is 1.35. The monoisotopic (exact) mass is 382 g/mol. The number of sulfonamides is 1. The van der Waals surface area contributed by atoms with Crippen LogP contribution in [0.2, 0.25) is 0 Å². The van der Waals surface area contributed by atoms with Crippen molar-refractivity contribution in [1.82, 2.24) is 4.31 Å². The minimum absolute atomic E-state index is 0.0612. The van der Waals surface area contributed by atoms with E-state index < -0.39 is 21.8 Å². The predicted octanol–water partition coefficient (Wildman–Crippen LogP) is 1.48. The van der Waals surface area contributed by atoms with Crippen molar-refractivity contribution in [2.75, 3.05) is 25.1 Å². The SMILES string of the molecule is C#Cc1ccc2c(c1)N(C(=O)c1ccc3c(c1)S(=O)(=O)N(C)C3=O)CCO2. The molecule has 2 aliphatic rings. The number of hydrogen-bond acceptors (Lipinski definition) is 5. The first kappa shape index (κ1) is 17.1. The van der Waals surface area contributed by atoms with Crippen LogP contribution in [-0.4, -0.2) is 44.7 Å². The first-order valence-corrected chi connectivity index (χ1v) is 9.51. The topological polar surface area (TPSA) is 84.0 Å². The molecule has 0 atom stereocenters. The van der Waals surface area contributed by atoms with Gasteiger partial charge in [-0.25, -0.2) is 12.7 Å². The summed E-state index contributed by atoms with van der Waals surface area (Å²) in [5, 5.41) is 0. The van der Waals surface area contributed by atoms with E-state index in [4.69, 9.17) is 11.2 Å². The average Bonchev–Trinajstić information content (AvgIpc) is 2.86. The highest BCUT2D eigenvalue weighted by Gasteiger charge is 2.39. The van der Waals surface area contributed by atoms with Gasteiger partial charge in [0.05, 0.1) is 17.8 Å². The first-order valence-electron chi connectivity index (χ1n) is 8.07. The minimum Gasteiger partial charge on any atom is -0.490 e. The predicted molar refractivity (Wildman–Crippen MR) is 97.3 cm³/mol. The molecule has 2 aromatic rings. The molecule has 0 aromatic heterocycles. The van der Waals surface area contributed by atoms with Gasteiger partial charge in [0.25, 0.3) is 21.8 Å². The van der Waals surface area contributed by atoms with Crippen molar-refractivity contribution in [1.29, 1.82) is 0 Å². The molecule has 2 heterocycles. The summed E-state index contributed by atoms with van der Waals surface area (Å²) in [6.07, 6.45) is 5.44. The van der Waals surface area contributed by atoms with Crippen LogP contribution in [0.3, 0.4) is 0 Å². The fourth-order valence-corrected chi connectivity index (χ4v) is 4.47. The highest BCUT2D eigenvalue weighted by Crippen LogP contribution is 2.35. The number of anilines is 1. The zero-order valence-electron chi connectivity index (χ0n) is 14.3. The number of benzene rings is 2. The van der Waals surface area contributed by atoms with Crippen molar-refractivity contribution in [2.24, 2.45) is 0 Å². The van der Waals surface area contributed by atoms with Gasteiger partial charge in [-0.1, -0.05) is 5.92 Å². The number of carbonyl (C=O) groups is 2. The Labute approximate surface area is 156 Å². The second kappa shape index (κ2) is 5.86. The Hall–Kier alpha value is -3.31. The molecule has 0 radical (unpaired) electrons. The molecule has 2 aromatic carbocycles. The Kier molecular flexibility index (Phi) is 3.71. The highest BCUT2D eigenvalue weighted by atomic mass is 32.2. The second-order valence-corrected chi connectivity index (χ2v) is 8.06. The number of fused-ring (bicyclic) bond motifs is 2. The van der Waals surface area contributed by atoms with Gasteiger partial charge >= 0.3 is 0 Å². The molecule has 0 fully saturated rings. The van der Waals surface area contributed by atoms with Crippen molar-refractivity contribution >= 4 is 27.5 Å². The maximum Gasteiger partial charge on any atom is 0.268 e. The van der Waals surface area contributed by atoms with Gasteiger partial charge in [0.2, 0.25) is 0 Å². The number of nitrogens with zero attached hydrogens (tertiary/aromatic N) is 2. The Morgan fingerprint density at radius 1 is 1.22 bits per heavy atom. The Bertz CT molecular complexity index is 1150. The molecule has 0 N–H and O–H groups in total. The van der Waals surface area contributed by atoms with Gasteiger partial charge in [-0.15, -0.1) is 6.42 Å². The molecule has 0 spiro atoms. The molecule has 0 aliphatic carbocycles. The molecule has 0 bridgehead atoms. The maximum absolute atomic E-state index is 13.1. The fourth-order valence-electron chi connectivity index (χ4n) is 3.15. The van der Waals surface area contributed by atoms with Crippen molar-refractivity contribution in [3.63, 3.8) is 0 Å². The van der Waals surface area contributed by atoms with Crippen molar-refractivity contribution in [3.8, 4) is 18.1 Å². The Morgan fingerprint density at radius 2 is 2.00 bits per heavy atom. The fraction of sp³-hybridized carbons (Fsp3) is 0.158. The number of ether oxygens (including phenoxy) is 1. The molecule has 8 heteroatoms. The van der Waals surface area contributed by atoms with Crippen molar-refractivity contribution in [2.45, 2.75) is 4.90 Å². The van der Waals surface area contributed by atoms with Crippen LogP contribution in [0.5, 0.6) is 5.75 Å². The third-order valence-electron chi connectivity index (χ3n) is 4.62. The number of carbonyl (C=O) groups excluding carboxylic acids is 2. The molecular weight excluding hydrogens is 368 g/mol. The minimum atomic E-state index is -3.93. The van der Waals surface area contributed by atoms with Gasteiger partial charge in [0.1, 0.15) is 17.3 Å². The van der Waals surface area contributed by atoms with E-state index in [9.17, 15) is 18.0 Å². The number of hydrogen-bond donors (Lipinski definition) is 0. The summed E-state index contributed by atoms with van der Waals surface area (Å²) in [6, 6.07) is 9.16. The lowest BCUT2D eigenvalue weighted by molar-refractivity contribution is 0.0890.